The van der Waals surface area contributed by atoms with Crippen molar-refractivity contribution in [1.29, 1.82) is 0 Å². The summed E-state index contributed by atoms with van der Waals surface area (Å²) in [6, 6.07) is 6.29. The molecule has 0 bridgehead atoms. The van der Waals surface area contributed by atoms with E-state index in [1.54, 1.807) is 18.2 Å². The van der Waals surface area contributed by atoms with Crippen LogP contribution in [0.3, 0.4) is 0 Å². The standard InChI is InChI=1S/C18H15N3O5/c22-11-7-3-6-10-13(11)12(8-4-1-2-5-9(8)17(24)25)14-15(19-10)20-18(26)21-16(14)23/h1-2,4-5,12H,3,6-7H2,(H,24,25)(H3,19,20,21,23,26)/t12-/m1/s1. The van der Waals surface area contributed by atoms with Crippen molar-refractivity contribution in [3.8, 4) is 0 Å². The van der Waals surface area contributed by atoms with Gasteiger partial charge in [-0.05, 0) is 24.5 Å². The van der Waals surface area contributed by atoms with Crippen molar-refractivity contribution in [2.45, 2.75) is 25.2 Å². The third-order valence-corrected chi connectivity index (χ3v) is 4.79. The van der Waals surface area contributed by atoms with Crippen LogP contribution in [0.1, 0.15) is 46.7 Å². The van der Waals surface area contributed by atoms with E-state index in [1.807, 2.05) is 0 Å². The largest absolute Gasteiger partial charge is 0.478 e. The molecule has 0 radical (unpaired) electrons. The molecule has 1 aromatic carbocycles. The molecule has 4 N–H and O–H groups in total. The van der Waals surface area contributed by atoms with Gasteiger partial charge < -0.3 is 10.4 Å². The Labute approximate surface area is 146 Å². The number of fused-ring (bicyclic) bond motifs is 1. The second-order valence-electron chi connectivity index (χ2n) is 6.32. The van der Waals surface area contributed by atoms with Crippen LogP contribution >= 0.6 is 0 Å². The molecule has 8 heteroatoms. The number of hydrogen-bond acceptors (Lipinski definition) is 5. The molecule has 0 unspecified atom stereocenters. The summed E-state index contributed by atoms with van der Waals surface area (Å²) < 4.78 is 0. The number of aromatic nitrogens is 2. The number of allylic oxidation sites excluding steroid dienone is 2. The lowest BCUT2D eigenvalue weighted by Gasteiger charge is -2.33. The molecule has 26 heavy (non-hydrogen) atoms. The van der Waals surface area contributed by atoms with E-state index in [1.165, 1.54) is 6.07 Å². The Hall–Kier alpha value is -3.42. The van der Waals surface area contributed by atoms with Crippen molar-refractivity contribution in [2.75, 3.05) is 5.32 Å². The number of Topliss-reactive ketones (excluding diaryl/α,β-unsaturated/α-hetero) is 1. The van der Waals surface area contributed by atoms with E-state index in [-0.39, 0.29) is 22.7 Å². The van der Waals surface area contributed by atoms with Gasteiger partial charge in [0.05, 0.1) is 11.1 Å². The highest BCUT2D eigenvalue weighted by Gasteiger charge is 2.38. The number of aromatic amines is 2. The maximum absolute atomic E-state index is 12.7. The number of anilines is 1. The zero-order valence-electron chi connectivity index (χ0n) is 13.6. The second-order valence-corrected chi connectivity index (χ2v) is 6.32. The smallest absolute Gasteiger partial charge is 0.335 e. The number of nitrogens with one attached hydrogen (secondary N) is 3. The number of carboxylic acid groups (broad SMARTS) is 1. The molecule has 1 aliphatic carbocycles. The lowest BCUT2D eigenvalue weighted by molar-refractivity contribution is -0.116. The van der Waals surface area contributed by atoms with E-state index >= 15 is 0 Å². The van der Waals surface area contributed by atoms with Gasteiger partial charge in [-0.3, -0.25) is 19.6 Å². The minimum absolute atomic E-state index is 0.0150. The monoisotopic (exact) mass is 353 g/mol. The van der Waals surface area contributed by atoms with Gasteiger partial charge in [0.15, 0.2) is 5.78 Å². The Bertz CT molecular complexity index is 1090. The molecule has 1 aliphatic heterocycles. The van der Waals surface area contributed by atoms with E-state index in [2.05, 4.69) is 15.3 Å². The van der Waals surface area contributed by atoms with E-state index < -0.39 is 23.1 Å². The molecule has 0 amide bonds. The summed E-state index contributed by atoms with van der Waals surface area (Å²) >= 11 is 0. The van der Waals surface area contributed by atoms with E-state index in [4.69, 9.17) is 0 Å². The van der Waals surface area contributed by atoms with Crippen LogP contribution in [-0.2, 0) is 4.79 Å². The number of rotatable bonds is 2. The van der Waals surface area contributed by atoms with Crippen LogP contribution in [0.4, 0.5) is 5.82 Å². The van der Waals surface area contributed by atoms with Crippen molar-refractivity contribution in [3.63, 3.8) is 0 Å². The van der Waals surface area contributed by atoms with Gasteiger partial charge in [-0.2, -0.15) is 0 Å². The fraction of sp³-hybridized carbons (Fsp3) is 0.222. The third-order valence-electron chi connectivity index (χ3n) is 4.79. The molecule has 0 saturated carbocycles. The van der Waals surface area contributed by atoms with Crippen LogP contribution in [0.5, 0.6) is 0 Å². The average Bonchev–Trinajstić information content (AvgIpc) is 2.60. The van der Waals surface area contributed by atoms with Gasteiger partial charge in [-0.1, -0.05) is 18.2 Å². The van der Waals surface area contributed by atoms with Gasteiger partial charge >= 0.3 is 11.7 Å². The number of aromatic carboxylic acids is 1. The molecule has 2 heterocycles. The highest BCUT2D eigenvalue weighted by molar-refractivity contribution is 6.02. The lowest BCUT2D eigenvalue weighted by Crippen LogP contribution is -2.36. The minimum Gasteiger partial charge on any atom is -0.478 e. The first-order valence-electron chi connectivity index (χ1n) is 8.19. The zero-order valence-corrected chi connectivity index (χ0v) is 13.6. The van der Waals surface area contributed by atoms with Crippen molar-refractivity contribution in [3.05, 3.63) is 73.1 Å². The molecule has 2 aromatic rings. The number of ketones is 1. The molecule has 8 nitrogen and oxygen atoms in total. The minimum atomic E-state index is -1.15. The quantitative estimate of drug-likeness (QED) is 0.644. The molecule has 0 spiro atoms. The highest BCUT2D eigenvalue weighted by Crippen LogP contribution is 2.43. The first-order valence-corrected chi connectivity index (χ1v) is 8.19. The number of hydrogen-bond donors (Lipinski definition) is 4. The van der Waals surface area contributed by atoms with Crippen molar-refractivity contribution < 1.29 is 14.7 Å². The number of H-pyrrole nitrogens is 2. The molecule has 0 fully saturated rings. The summed E-state index contributed by atoms with van der Waals surface area (Å²) in [6.07, 6.45) is 1.57. The molecule has 1 atom stereocenters. The molecule has 0 saturated heterocycles. The second kappa shape index (κ2) is 5.83. The summed E-state index contributed by atoms with van der Waals surface area (Å²) in [5.41, 5.74) is 0.218. The summed E-state index contributed by atoms with van der Waals surface area (Å²) in [7, 11) is 0. The Balaban J connectivity index is 2.07. The topological polar surface area (TPSA) is 132 Å². The summed E-state index contributed by atoms with van der Waals surface area (Å²) in [5, 5.41) is 12.6. The van der Waals surface area contributed by atoms with Crippen molar-refractivity contribution in [2.24, 2.45) is 0 Å². The van der Waals surface area contributed by atoms with Gasteiger partial charge in [-0.25, -0.2) is 9.59 Å². The number of carbonyl (C=O) groups is 2. The lowest BCUT2D eigenvalue weighted by atomic mass is 9.75. The first kappa shape index (κ1) is 16.1. The average molecular weight is 353 g/mol. The van der Waals surface area contributed by atoms with E-state index in [0.29, 0.717) is 36.1 Å². The van der Waals surface area contributed by atoms with Crippen molar-refractivity contribution >= 4 is 17.6 Å². The van der Waals surface area contributed by atoms with E-state index in [0.717, 1.165) is 0 Å². The predicted octanol–water partition coefficient (Wildman–Crippen LogP) is 1.33. The van der Waals surface area contributed by atoms with Crippen LogP contribution in [0.15, 0.2) is 45.1 Å². The fourth-order valence-electron chi connectivity index (χ4n) is 3.75. The maximum Gasteiger partial charge on any atom is 0.335 e. The molecule has 1 aromatic heterocycles. The molecular formula is C18H15N3O5. The maximum atomic E-state index is 12.7. The number of carboxylic acids is 1. The first-order chi connectivity index (χ1) is 12.5. The summed E-state index contributed by atoms with van der Waals surface area (Å²) in [4.78, 5) is 53.3. The molecule has 2 aliphatic rings. The van der Waals surface area contributed by atoms with E-state index in [9.17, 15) is 24.3 Å². The normalized spacial score (nSPS) is 18.8. The van der Waals surface area contributed by atoms with Crippen LogP contribution in [0, 0.1) is 0 Å². The van der Waals surface area contributed by atoms with Crippen LogP contribution in [0.25, 0.3) is 0 Å². The Kier molecular flexibility index (Phi) is 3.61. The Morgan fingerprint density at radius 3 is 2.62 bits per heavy atom. The van der Waals surface area contributed by atoms with Crippen LogP contribution in [0.2, 0.25) is 0 Å². The predicted molar refractivity (Wildman–Crippen MR) is 92.4 cm³/mol. The van der Waals surface area contributed by atoms with Gasteiger partial charge in [0, 0.05) is 23.6 Å². The van der Waals surface area contributed by atoms with Crippen molar-refractivity contribution in [1.82, 2.24) is 9.97 Å². The molecular weight excluding hydrogens is 338 g/mol. The Morgan fingerprint density at radius 2 is 1.85 bits per heavy atom. The zero-order chi connectivity index (χ0) is 18.4. The van der Waals surface area contributed by atoms with Gasteiger partial charge in [0.1, 0.15) is 5.82 Å². The third kappa shape index (κ3) is 2.38. The summed E-state index contributed by atoms with van der Waals surface area (Å²) in [6.45, 7) is 0. The van der Waals surface area contributed by atoms with Gasteiger partial charge in [-0.15, -0.1) is 0 Å². The fourth-order valence-corrected chi connectivity index (χ4v) is 3.75. The van der Waals surface area contributed by atoms with Gasteiger partial charge in [0.2, 0.25) is 0 Å². The summed E-state index contributed by atoms with van der Waals surface area (Å²) in [5.74, 6) is -1.91. The number of carbonyl (C=O) groups excluding carboxylic acids is 1. The molecule has 4 rings (SSSR count). The Morgan fingerprint density at radius 1 is 1.08 bits per heavy atom. The molecule has 132 valence electrons. The van der Waals surface area contributed by atoms with Crippen LogP contribution in [-0.4, -0.2) is 26.8 Å². The highest BCUT2D eigenvalue weighted by atomic mass is 16.4. The number of benzene rings is 1. The van der Waals surface area contributed by atoms with Gasteiger partial charge in [0.25, 0.3) is 5.56 Å². The van der Waals surface area contributed by atoms with Crippen LogP contribution < -0.4 is 16.6 Å². The SMILES string of the molecule is O=C1CCCC2=C1[C@@H](c1ccccc1C(=O)O)c1c([nH]c(=O)[nH]c1=O)N2.